The molecular formula is C18H14Cl2FOPZr. The van der Waals surface area contributed by atoms with E-state index in [0.717, 1.165) is 16.4 Å². The molecule has 1 N–H and O–H groups in total. The number of benzene rings is 3. The summed E-state index contributed by atoms with van der Waals surface area (Å²) in [5, 5.41) is 11.4. The molecule has 0 fully saturated rings. The van der Waals surface area contributed by atoms with Crippen LogP contribution in [0.1, 0.15) is 0 Å². The van der Waals surface area contributed by atoms with Gasteiger partial charge in [0.05, 0.1) is 0 Å². The Labute approximate surface area is 161 Å². The normalized spacial score (nSPS) is 10.3. The summed E-state index contributed by atoms with van der Waals surface area (Å²) >= 11 is -0.826. The molecule has 1 atom stereocenters. The monoisotopic (exact) mass is 456 g/mol. The average molecular weight is 458 g/mol. The first-order valence-corrected chi connectivity index (χ1v) is 14.3. The van der Waals surface area contributed by atoms with E-state index in [1.807, 2.05) is 48.5 Å². The Morgan fingerprint density at radius 2 is 1.42 bits per heavy atom. The number of phenols is 1. The minimum absolute atomic E-state index is 0.0907. The molecule has 3 aromatic carbocycles. The van der Waals surface area contributed by atoms with Crippen LogP contribution in [0.15, 0.2) is 72.8 Å². The summed E-state index contributed by atoms with van der Waals surface area (Å²) in [6.07, 6.45) is 0. The van der Waals surface area contributed by atoms with Gasteiger partial charge in [0.1, 0.15) is 11.6 Å². The molecule has 0 heterocycles. The molecule has 6 heteroatoms. The minimum atomic E-state index is -0.826. The Bertz CT molecular complexity index is 787. The van der Waals surface area contributed by atoms with Crippen molar-refractivity contribution in [2.45, 2.75) is 0 Å². The van der Waals surface area contributed by atoms with Crippen LogP contribution in [0.3, 0.4) is 0 Å². The van der Waals surface area contributed by atoms with Gasteiger partial charge in [0.15, 0.2) is 0 Å². The molecular weight excluding hydrogens is 444 g/mol. The van der Waals surface area contributed by atoms with Crippen LogP contribution in [0.5, 0.6) is 5.75 Å². The number of hydrogen-bond acceptors (Lipinski definition) is 1. The molecule has 0 radical (unpaired) electrons. The van der Waals surface area contributed by atoms with Crippen molar-refractivity contribution in [2.24, 2.45) is 0 Å². The van der Waals surface area contributed by atoms with Crippen LogP contribution in [0.4, 0.5) is 4.39 Å². The number of rotatable bonds is 3. The molecule has 0 aliphatic rings. The number of aromatic hydroxyl groups is 1. The summed E-state index contributed by atoms with van der Waals surface area (Å²) < 4.78 is 13.8. The third kappa shape index (κ3) is 5.67. The maximum absolute atomic E-state index is 13.8. The summed E-state index contributed by atoms with van der Waals surface area (Å²) in [5.74, 6) is -0.0309. The Hall–Kier alpha value is -0.717. The SMILES string of the molecule is Oc1ccc(-c2ccccc2)cc1Pc1ccccc1F.[Cl][Zr][Cl]. The number of halogens is 3. The summed E-state index contributed by atoms with van der Waals surface area (Å²) in [6, 6.07) is 22.1. The van der Waals surface area contributed by atoms with Crippen molar-refractivity contribution in [2.75, 3.05) is 0 Å². The van der Waals surface area contributed by atoms with Gasteiger partial charge in [0.2, 0.25) is 0 Å². The number of hydrogen-bond donors (Lipinski definition) is 1. The van der Waals surface area contributed by atoms with Crippen molar-refractivity contribution < 1.29 is 30.3 Å². The fourth-order valence-electron chi connectivity index (χ4n) is 2.15. The van der Waals surface area contributed by atoms with Gasteiger partial charge in [-0.2, -0.15) is 0 Å². The average Bonchev–Trinajstić information content (AvgIpc) is 2.60. The van der Waals surface area contributed by atoms with Crippen LogP contribution in [0, 0.1) is 5.82 Å². The Kier molecular flexibility index (Phi) is 8.43. The van der Waals surface area contributed by atoms with Crippen LogP contribution in [0.2, 0.25) is 0 Å². The summed E-state index contributed by atoms with van der Waals surface area (Å²) in [5.41, 5.74) is 2.10. The molecule has 0 aliphatic carbocycles. The van der Waals surface area contributed by atoms with Crippen LogP contribution in [-0.2, 0) is 20.8 Å². The molecule has 1 unspecified atom stereocenters. The van der Waals surface area contributed by atoms with E-state index in [4.69, 9.17) is 17.0 Å². The quantitative estimate of drug-likeness (QED) is 0.535. The molecule has 0 aliphatic heterocycles. The van der Waals surface area contributed by atoms with Crippen molar-refractivity contribution in [3.63, 3.8) is 0 Å². The topological polar surface area (TPSA) is 20.2 Å². The van der Waals surface area contributed by atoms with E-state index in [9.17, 15) is 9.50 Å². The molecule has 122 valence electrons. The van der Waals surface area contributed by atoms with Gasteiger partial charge in [-0.1, -0.05) is 63.2 Å². The van der Waals surface area contributed by atoms with Crippen molar-refractivity contribution >= 4 is 36.2 Å². The fourth-order valence-corrected chi connectivity index (χ4v) is 3.27. The third-order valence-corrected chi connectivity index (χ3v) is 4.59. The molecule has 0 aromatic heterocycles. The summed E-state index contributed by atoms with van der Waals surface area (Å²) in [7, 11) is 9.96. The van der Waals surface area contributed by atoms with E-state index < -0.39 is 20.8 Å². The van der Waals surface area contributed by atoms with E-state index in [1.165, 1.54) is 6.07 Å². The van der Waals surface area contributed by atoms with Gasteiger partial charge in [-0.05, 0) is 29.3 Å². The van der Waals surface area contributed by atoms with Crippen LogP contribution < -0.4 is 10.6 Å². The van der Waals surface area contributed by atoms with E-state index in [0.29, 0.717) is 5.30 Å². The molecule has 0 spiro atoms. The molecule has 3 aromatic rings. The van der Waals surface area contributed by atoms with Gasteiger partial charge in [0, 0.05) is 10.6 Å². The zero-order valence-electron chi connectivity index (χ0n) is 12.5. The first-order valence-electron chi connectivity index (χ1n) is 7.02. The molecule has 3 rings (SSSR count). The zero-order chi connectivity index (χ0) is 17.4. The second kappa shape index (κ2) is 10.3. The zero-order valence-corrected chi connectivity index (χ0v) is 17.5. The number of phenolic OH excluding ortho intramolecular Hbond substituents is 1. The molecule has 0 saturated carbocycles. The van der Waals surface area contributed by atoms with Gasteiger partial charge in [-0.3, -0.25) is 0 Å². The maximum atomic E-state index is 13.8. The Balaban J connectivity index is 0.000000647. The molecule has 1 nitrogen and oxygen atoms in total. The molecule has 0 saturated heterocycles. The van der Waals surface area contributed by atoms with Crippen LogP contribution in [0.25, 0.3) is 11.1 Å². The predicted molar refractivity (Wildman–Crippen MR) is 99.2 cm³/mol. The van der Waals surface area contributed by atoms with E-state index in [-0.39, 0.29) is 20.1 Å². The first-order chi connectivity index (χ1) is 11.7. The van der Waals surface area contributed by atoms with Crippen molar-refractivity contribution in [1.29, 1.82) is 0 Å². The predicted octanol–water partition coefficient (Wildman–Crippen LogP) is 5.20. The van der Waals surface area contributed by atoms with Crippen molar-refractivity contribution in [3.8, 4) is 16.9 Å². The van der Waals surface area contributed by atoms with E-state index >= 15 is 0 Å². The van der Waals surface area contributed by atoms with Crippen LogP contribution in [-0.4, -0.2) is 5.11 Å². The Morgan fingerprint density at radius 3 is 2.08 bits per heavy atom. The van der Waals surface area contributed by atoms with Gasteiger partial charge in [-0.15, -0.1) is 0 Å². The molecule has 0 amide bonds. The molecule has 0 bridgehead atoms. The van der Waals surface area contributed by atoms with Gasteiger partial charge in [0.25, 0.3) is 0 Å². The Morgan fingerprint density at radius 1 is 0.792 bits per heavy atom. The van der Waals surface area contributed by atoms with E-state index in [2.05, 4.69) is 0 Å². The first kappa shape index (κ1) is 19.6. The third-order valence-electron chi connectivity index (χ3n) is 3.25. The fraction of sp³-hybridized carbons (Fsp3) is 0. The van der Waals surface area contributed by atoms with Gasteiger partial charge < -0.3 is 5.11 Å². The van der Waals surface area contributed by atoms with E-state index in [1.54, 1.807) is 18.2 Å². The second-order valence-corrected chi connectivity index (χ2v) is 9.83. The van der Waals surface area contributed by atoms with Gasteiger partial charge >= 0.3 is 37.9 Å². The standard InChI is InChI=1S/C18H14FOP.2ClH.Zr/c19-15-8-4-5-9-17(15)21-18-12-14(10-11-16(18)20)13-6-2-1-3-7-13;;;/h1-12,20-21H;2*1H;/q;;;+2/p-2. The van der Waals surface area contributed by atoms with Gasteiger partial charge in [-0.25, -0.2) is 4.39 Å². The summed E-state index contributed by atoms with van der Waals surface area (Å²) in [6.45, 7) is 0. The van der Waals surface area contributed by atoms with Crippen LogP contribution >= 0.6 is 25.6 Å². The van der Waals surface area contributed by atoms with Crippen molar-refractivity contribution in [3.05, 3.63) is 78.6 Å². The summed E-state index contributed by atoms with van der Waals surface area (Å²) in [4.78, 5) is 0. The second-order valence-electron chi connectivity index (χ2n) is 4.77. The molecule has 24 heavy (non-hydrogen) atoms. The van der Waals surface area contributed by atoms with Crippen molar-refractivity contribution in [1.82, 2.24) is 0 Å².